The fourth-order valence-electron chi connectivity index (χ4n) is 2.63. The second-order valence-corrected chi connectivity index (χ2v) is 5.73. The highest BCUT2D eigenvalue weighted by Crippen LogP contribution is 2.24. The summed E-state index contributed by atoms with van der Waals surface area (Å²) < 4.78 is 1.78. The van der Waals surface area contributed by atoms with Gasteiger partial charge in [0, 0.05) is 24.0 Å². The molecule has 0 spiro atoms. The van der Waals surface area contributed by atoms with E-state index in [2.05, 4.69) is 29.2 Å². The Balaban J connectivity index is 2.28. The predicted octanol–water partition coefficient (Wildman–Crippen LogP) is 2.25. The third kappa shape index (κ3) is 2.50. The van der Waals surface area contributed by atoms with Crippen LogP contribution in [-0.4, -0.2) is 37.3 Å². The van der Waals surface area contributed by atoms with Gasteiger partial charge in [-0.3, -0.25) is 0 Å². The molecule has 6 nitrogen and oxygen atoms in total. The maximum absolute atomic E-state index is 9.51. The number of aromatic nitrogens is 4. The van der Waals surface area contributed by atoms with Crippen molar-refractivity contribution in [2.75, 3.05) is 11.9 Å². The van der Waals surface area contributed by atoms with Crippen molar-refractivity contribution in [1.82, 2.24) is 19.6 Å². The Morgan fingerprint density at radius 1 is 1.27 bits per heavy atom. The Morgan fingerprint density at radius 3 is 2.73 bits per heavy atom. The molecule has 6 heteroatoms. The molecule has 22 heavy (non-hydrogen) atoms. The Kier molecular flexibility index (Phi) is 3.70. The zero-order valence-corrected chi connectivity index (χ0v) is 13.4. The highest BCUT2D eigenvalue weighted by molar-refractivity contribution is 5.93. The van der Waals surface area contributed by atoms with Crippen LogP contribution in [0.1, 0.15) is 30.8 Å². The van der Waals surface area contributed by atoms with E-state index in [1.807, 2.05) is 19.1 Å². The van der Waals surface area contributed by atoms with Crippen molar-refractivity contribution in [3.05, 3.63) is 29.1 Å². The highest BCUT2D eigenvalue weighted by atomic mass is 16.3. The number of hydrogen-bond donors (Lipinski definition) is 2. The summed E-state index contributed by atoms with van der Waals surface area (Å²) in [5.41, 5.74) is 4.58. The maximum atomic E-state index is 9.51. The van der Waals surface area contributed by atoms with Crippen LogP contribution in [0.5, 0.6) is 0 Å². The molecular formula is C16H21N5O. The molecule has 3 aromatic heterocycles. The minimum Gasteiger partial charge on any atom is -0.392 e. The van der Waals surface area contributed by atoms with Crippen molar-refractivity contribution >= 4 is 22.5 Å². The molecule has 0 saturated carbocycles. The molecule has 0 fully saturated rings. The number of nitrogens with zero attached hydrogens (tertiary/aromatic N) is 4. The number of aryl methyl sites for hydroxylation is 3. The van der Waals surface area contributed by atoms with E-state index in [-0.39, 0.29) is 0 Å². The summed E-state index contributed by atoms with van der Waals surface area (Å²) in [6.45, 7) is 8.31. The van der Waals surface area contributed by atoms with Crippen molar-refractivity contribution in [2.45, 2.75) is 40.2 Å². The van der Waals surface area contributed by atoms with E-state index in [4.69, 9.17) is 4.98 Å². The van der Waals surface area contributed by atoms with Gasteiger partial charge in [-0.25, -0.2) is 9.97 Å². The average Bonchev–Trinajstić information content (AvgIpc) is 2.82. The lowest BCUT2D eigenvalue weighted by molar-refractivity contribution is 0.208. The normalized spacial score (nSPS) is 13.0. The fraction of sp³-hybridized carbons (Fsp3) is 0.438. The maximum Gasteiger partial charge on any atom is 0.184 e. The predicted molar refractivity (Wildman–Crippen MR) is 87.3 cm³/mol. The molecule has 0 amide bonds. The van der Waals surface area contributed by atoms with Crippen LogP contribution in [0.4, 0.5) is 5.82 Å². The van der Waals surface area contributed by atoms with Crippen LogP contribution in [0.25, 0.3) is 16.7 Å². The van der Waals surface area contributed by atoms with Gasteiger partial charge in [0.2, 0.25) is 0 Å². The summed E-state index contributed by atoms with van der Waals surface area (Å²) in [5.74, 6) is 0.831. The van der Waals surface area contributed by atoms with Crippen molar-refractivity contribution in [2.24, 2.45) is 0 Å². The van der Waals surface area contributed by atoms with Gasteiger partial charge < -0.3 is 10.4 Å². The standard InChI is InChI=1S/C16H21N5O/c1-5-12-7-13(17-8-11(4)22)21-16(19-12)14-9(2)6-10(3)18-15(14)20-21/h6-7,11,17,22H,5,8H2,1-4H3. The minimum atomic E-state index is -0.430. The number of hydrogen-bond acceptors (Lipinski definition) is 5. The van der Waals surface area contributed by atoms with E-state index in [0.717, 1.165) is 40.2 Å². The van der Waals surface area contributed by atoms with E-state index in [0.29, 0.717) is 12.2 Å². The summed E-state index contributed by atoms with van der Waals surface area (Å²) in [7, 11) is 0. The van der Waals surface area contributed by atoms with E-state index >= 15 is 0 Å². The molecule has 0 saturated heterocycles. The number of pyridine rings is 1. The lowest BCUT2D eigenvalue weighted by Crippen LogP contribution is -2.17. The molecule has 2 N–H and O–H groups in total. The first-order valence-electron chi connectivity index (χ1n) is 7.58. The van der Waals surface area contributed by atoms with Crippen LogP contribution in [0.2, 0.25) is 0 Å². The first kappa shape index (κ1) is 14.7. The molecule has 0 aromatic carbocycles. The van der Waals surface area contributed by atoms with Gasteiger partial charge in [0.25, 0.3) is 0 Å². The summed E-state index contributed by atoms with van der Waals surface area (Å²) in [4.78, 5) is 9.23. The van der Waals surface area contributed by atoms with Crippen LogP contribution in [-0.2, 0) is 6.42 Å². The number of rotatable bonds is 4. The molecule has 116 valence electrons. The third-order valence-electron chi connectivity index (χ3n) is 3.67. The monoisotopic (exact) mass is 299 g/mol. The van der Waals surface area contributed by atoms with Gasteiger partial charge in [0.05, 0.1) is 11.5 Å². The summed E-state index contributed by atoms with van der Waals surface area (Å²) >= 11 is 0. The van der Waals surface area contributed by atoms with E-state index < -0.39 is 6.10 Å². The molecule has 1 atom stereocenters. The zero-order chi connectivity index (χ0) is 15.9. The number of aliphatic hydroxyl groups is 1. The van der Waals surface area contributed by atoms with Gasteiger partial charge in [-0.1, -0.05) is 6.92 Å². The lowest BCUT2D eigenvalue weighted by Gasteiger charge is -2.11. The van der Waals surface area contributed by atoms with Crippen LogP contribution in [0, 0.1) is 13.8 Å². The number of nitrogens with one attached hydrogen (secondary N) is 1. The highest BCUT2D eigenvalue weighted by Gasteiger charge is 2.15. The van der Waals surface area contributed by atoms with Crippen LogP contribution in [0.15, 0.2) is 12.1 Å². The quantitative estimate of drug-likeness (QED) is 0.773. The molecule has 0 aliphatic rings. The molecule has 1 unspecified atom stereocenters. The average molecular weight is 299 g/mol. The molecule has 3 aromatic rings. The van der Waals surface area contributed by atoms with Crippen molar-refractivity contribution < 1.29 is 5.11 Å². The van der Waals surface area contributed by atoms with Crippen LogP contribution >= 0.6 is 0 Å². The summed E-state index contributed by atoms with van der Waals surface area (Å²) in [5, 5.41) is 18.3. The summed E-state index contributed by atoms with van der Waals surface area (Å²) in [6, 6.07) is 4.02. The second kappa shape index (κ2) is 5.53. The molecule has 0 radical (unpaired) electrons. The van der Waals surface area contributed by atoms with E-state index in [1.165, 1.54) is 0 Å². The first-order valence-corrected chi connectivity index (χ1v) is 7.58. The molecular weight excluding hydrogens is 278 g/mol. The Labute approximate surface area is 129 Å². The first-order chi connectivity index (χ1) is 10.5. The van der Waals surface area contributed by atoms with Crippen LogP contribution < -0.4 is 5.32 Å². The van der Waals surface area contributed by atoms with Gasteiger partial charge in [0.15, 0.2) is 11.3 Å². The number of anilines is 1. The Hall–Kier alpha value is -2.21. The minimum absolute atomic E-state index is 0.430. The van der Waals surface area contributed by atoms with Gasteiger partial charge in [-0.2, -0.15) is 4.52 Å². The molecule has 0 bridgehead atoms. The van der Waals surface area contributed by atoms with Crippen molar-refractivity contribution in [1.29, 1.82) is 0 Å². The Bertz CT molecular complexity index is 838. The Morgan fingerprint density at radius 2 is 2.05 bits per heavy atom. The fourth-order valence-corrected chi connectivity index (χ4v) is 2.63. The van der Waals surface area contributed by atoms with Crippen molar-refractivity contribution in [3.8, 4) is 0 Å². The molecule has 0 aliphatic carbocycles. The third-order valence-corrected chi connectivity index (χ3v) is 3.67. The van der Waals surface area contributed by atoms with E-state index in [9.17, 15) is 5.11 Å². The number of fused-ring (bicyclic) bond motifs is 3. The largest absolute Gasteiger partial charge is 0.392 e. The van der Waals surface area contributed by atoms with Crippen molar-refractivity contribution in [3.63, 3.8) is 0 Å². The SMILES string of the molecule is CCc1cc(NCC(C)O)n2nc3nc(C)cc(C)c3c2n1. The topological polar surface area (TPSA) is 75.3 Å². The van der Waals surface area contributed by atoms with Gasteiger partial charge >= 0.3 is 0 Å². The molecule has 0 aliphatic heterocycles. The smallest absolute Gasteiger partial charge is 0.184 e. The van der Waals surface area contributed by atoms with E-state index in [1.54, 1.807) is 11.4 Å². The second-order valence-electron chi connectivity index (χ2n) is 5.73. The molecule has 3 rings (SSSR count). The van der Waals surface area contributed by atoms with Gasteiger partial charge in [-0.05, 0) is 38.8 Å². The summed E-state index contributed by atoms with van der Waals surface area (Å²) in [6.07, 6.45) is 0.408. The lowest BCUT2D eigenvalue weighted by atomic mass is 10.2. The van der Waals surface area contributed by atoms with Gasteiger partial charge in [-0.15, -0.1) is 5.10 Å². The zero-order valence-electron chi connectivity index (χ0n) is 13.4. The number of aliphatic hydroxyl groups excluding tert-OH is 1. The van der Waals surface area contributed by atoms with Crippen LogP contribution in [0.3, 0.4) is 0 Å². The molecule has 3 heterocycles. The van der Waals surface area contributed by atoms with Gasteiger partial charge in [0.1, 0.15) is 5.82 Å².